The summed E-state index contributed by atoms with van der Waals surface area (Å²) in [7, 11) is 0. The van der Waals surface area contributed by atoms with E-state index in [2.05, 4.69) is 6.92 Å². The number of carbonyl (C=O) groups excluding carboxylic acids is 3. The highest BCUT2D eigenvalue weighted by atomic mass is 16.6. The highest BCUT2D eigenvalue weighted by Gasteiger charge is 2.75. The monoisotopic (exact) mass is 502 g/mol. The number of ether oxygens (including phenoxy) is 2. The van der Waals surface area contributed by atoms with E-state index in [0.717, 1.165) is 32.1 Å². The molecule has 0 radical (unpaired) electrons. The van der Waals surface area contributed by atoms with Crippen molar-refractivity contribution < 1.29 is 29.0 Å². The lowest BCUT2D eigenvalue weighted by molar-refractivity contribution is -0.163. The van der Waals surface area contributed by atoms with Crippen molar-refractivity contribution in [1.29, 1.82) is 0 Å². The van der Waals surface area contributed by atoms with Crippen molar-refractivity contribution in [3.8, 4) is 0 Å². The van der Waals surface area contributed by atoms with Crippen LogP contribution in [0.1, 0.15) is 72.6 Å². The molecule has 0 aliphatic carbocycles. The van der Waals surface area contributed by atoms with E-state index in [9.17, 15) is 19.5 Å². The molecule has 4 aliphatic rings. The van der Waals surface area contributed by atoms with Gasteiger partial charge < -0.3 is 24.4 Å². The molecule has 8 nitrogen and oxygen atoms in total. The van der Waals surface area contributed by atoms with Gasteiger partial charge in [0.2, 0.25) is 11.8 Å². The van der Waals surface area contributed by atoms with Crippen LogP contribution in [-0.2, 0) is 23.9 Å². The summed E-state index contributed by atoms with van der Waals surface area (Å²) >= 11 is 0. The van der Waals surface area contributed by atoms with E-state index in [0.29, 0.717) is 26.0 Å². The van der Waals surface area contributed by atoms with E-state index in [1.54, 1.807) is 0 Å². The zero-order chi connectivity index (χ0) is 26.1. The van der Waals surface area contributed by atoms with Crippen LogP contribution in [0, 0.1) is 11.8 Å². The molecule has 1 spiro atoms. The summed E-state index contributed by atoms with van der Waals surface area (Å²) in [6.07, 6.45) is 13.0. The number of rotatable bonds is 7. The first-order chi connectivity index (χ1) is 17.3. The molecular weight excluding hydrogens is 460 g/mol. The normalized spacial score (nSPS) is 37.0. The minimum absolute atomic E-state index is 0.0143. The zero-order valence-electron chi connectivity index (χ0n) is 22.2. The number of esters is 1. The number of allylic oxidation sites excluding steroid dienone is 1. The van der Waals surface area contributed by atoms with Crippen molar-refractivity contribution in [2.45, 2.75) is 102 Å². The Hall–Kier alpha value is -2.19. The number of aliphatic hydroxyl groups is 1. The molecule has 2 amide bonds. The predicted molar refractivity (Wildman–Crippen MR) is 135 cm³/mol. The van der Waals surface area contributed by atoms with Crippen molar-refractivity contribution in [2.75, 3.05) is 19.8 Å². The lowest BCUT2D eigenvalue weighted by Crippen LogP contribution is -2.59. The van der Waals surface area contributed by atoms with Gasteiger partial charge >= 0.3 is 5.97 Å². The number of hydrogen-bond donors (Lipinski definition) is 1. The third-order valence-corrected chi connectivity index (χ3v) is 8.67. The minimum atomic E-state index is -1.31. The fourth-order valence-corrected chi connectivity index (χ4v) is 6.77. The molecule has 8 heteroatoms. The van der Waals surface area contributed by atoms with E-state index in [1.807, 2.05) is 50.0 Å². The summed E-state index contributed by atoms with van der Waals surface area (Å²) in [5.74, 6) is -2.72. The van der Waals surface area contributed by atoms with Crippen LogP contribution < -0.4 is 0 Å². The van der Waals surface area contributed by atoms with Crippen molar-refractivity contribution >= 4 is 17.8 Å². The largest absolute Gasteiger partial charge is 0.465 e. The van der Waals surface area contributed by atoms with E-state index >= 15 is 0 Å². The molecule has 2 fully saturated rings. The lowest BCUT2D eigenvalue weighted by atomic mass is 9.73. The first-order valence-electron chi connectivity index (χ1n) is 13.8. The quantitative estimate of drug-likeness (QED) is 0.425. The van der Waals surface area contributed by atoms with Gasteiger partial charge in [-0.1, -0.05) is 51.5 Å². The molecule has 0 aromatic heterocycles. The highest BCUT2D eigenvalue weighted by molar-refractivity contribution is 5.99. The molecular formula is C28H42N2O6. The van der Waals surface area contributed by atoms with Crippen LogP contribution >= 0.6 is 0 Å². The van der Waals surface area contributed by atoms with Gasteiger partial charge in [-0.2, -0.15) is 0 Å². The van der Waals surface area contributed by atoms with Gasteiger partial charge in [-0.3, -0.25) is 14.4 Å². The molecule has 200 valence electrons. The van der Waals surface area contributed by atoms with Gasteiger partial charge in [0.05, 0.1) is 25.2 Å². The number of fused-ring (bicyclic) bond motifs is 2. The van der Waals surface area contributed by atoms with Crippen LogP contribution in [0.15, 0.2) is 24.3 Å². The van der Waals surface area contributed by atoms with Crippen molar-refractivity contribution in [3.05, 3.63) is 24.3 Å². The Kier molecular flexibility index (Phi) is 7.95. The molecule has 2 saturated heterocycles. The van der Waals surface area contributed by atoms with Crippen molar-refractivity contribution in [2.24, 2.45) is 11.8 Å². The summed E-state index contributed by atoms with van der Waals surface area (Å²) in [6, 6.07) is -1.51. The Morgan fingerprint density at radius 2 is 1.86 bits per heavy atom. The number of likely N-dealkylation sites (tertiary alicyclic amines) is 1. The second kappa shape index (κ2) is 10.7. The average Bonchev–Trinajstić information content (AvgIpc) is 3.22. The van der Waals surface area contributed by atoms with Gasteiger partial charge in [-0.25, -0.2) is 0 Å². The zero-order valence-corrected chi connectivity index (χ0v) is 22.2. The number of nitrogens with zero attached hydrogens (tertiary/aromatic N) is 2. The summed E-state index contributed by atoms with van der Waals surface area (Å²) in [5, 5.41) is 10.2. The number of carbonyl (C=O) groups is 3. The maximum absolute atomic E-state index is 14.3. The van der Waals surface area contributed by atoms with Gasteiger partial charge in [0.1, 0.15) is 23.2 Å². The van der Waals surface area contributed by atoms with E-state index in [1.165, 1.54) is 4.90 Å². The van der Waals surface area contributed by atoms with Crippen molar-refractivity contribution in [1.82, 2.24) is 9.80 Å². The molecule has 0 aromatic rings. The maximum atomic E-state index is 14.3. The SMILES string of the molecule is CCCC(C)N1CC=C[C@]23O[C@]4(CC)/C=C\CCCCOC(=O)[C@@H]4[C@H]2C(=O)N([C@@H](CC)CO)C3C1=O. The van der Waals surface area contributed by atoms with Gasteiger partial charge in [0.25, 0.3) is 0 Å². The predicted octanol–water partition coefficient (Wildman–Crippen LogP) is 2.99. The van der Waals surface area contributed by atoms with Crippen LogP contribution in [0.4, 0.5) is 0 Å². The highest BCUT2D eigenvalue weighted by Crippen LogP contribution is 2.58. The topological polar surface area (TPSA) is 96.4 Å². The van der Waals surface area contributed by atoms with Gasteiger partial charge in [-0.05, 0) is 45.4 Å². The number of cyclic esters (lactones) is 1. The van der Waals surface area contributed by atoms with E-state index in [-0.39, 0.29) is 24.5 Å². The average molecular weight is 503 g/mol. The second-order valence-electron chi connectivity index (χ2n) is 10.7. The van der Waals surface area contributed by atoms with Crippen LogP contribution in [0.3, 0.4) is 0 Å². The Balaban J connectivity index is 1.90. The molecule has 36 heavy (non-hydrogen) atoms. The fraction of sp³-hybridized carbons (Fsp3) is 0.750. The summed E-state index contributed by atoms with van der Waals surface area (Å²) in [6.45, 7) is 8.40. The molecule has 7 atom stereocenters. The Morgan fingerprint density at radius 3 is 2.53 bits per heavy atom. The molecule has 0 bridgehead atoms. The minimum Gasteiger partial charge on any atom is -0.465 e. The molecule has 1 N–H and O–H groups in total. The van der Waals surface area contributed by atoms with E-state index < -0.39 is 41.1 Å². The van der Waals surface area contributed by atoms with Crippen LogP contribution in [-0.4, -0.2) is 81.8 Å². The third kappa shape index (κ3) is 4.10. The molecule has 4 aliphatic heterocycles. The number of aliphatic hydroxyl groups excluding tert-OH is 1. The Morgan fingerprint density at radius 1 is 1.08 bits per heavy atom. The smallest absolute Gasteiger partial charge is 0.313 e. The lowest BCUT2D eigenvalue weighted by Gasteiger charge is -2.41. The van der Waals surface area contributed by atoms with Crippen molar-refractivity contribution in [3.63, 3.8) is 0 Å². The van der Waals surface area contributed by atoms with Gasteiger partial charge in [0.15, 0.2) is 0 Å². The van der Waals surface area contributed by atoms with Gasteiger partial charge in [0, 0.05) is 12.6 Å². The molecule has 4 rings (SSSR count). The molecule has 4 heterocycles. The molecule has 0 aromatic carbocycles. The molecule has 0 saturated carbocycles. The van der Waals surface area contributed by atoms with Crippen LogP contribution in [0.5, 0.6) is 0 Å². The summed E-state index contributed by atoms with van der Waals surface area (Å²) in [4.78, 5) is 45.5. The summed E-state index contributed by atoms with van der Waals surface area (Å²) in [5.41, 5.74) is -2.36. The Bertz CT molecular complexity index is 914. The standard InChI is InChI=1S/C28H42N2O6/c1-5-13-19(4)29-16-12-15-28-21(24(32)30(20(6-2)18-31)23(28)25(29)33)22-26(34)35-17-11-9-8-10-14-27(22,7-3)36-28/h10,12,14-15,19-23,31H,5-9,11,13,16-18H2,1-4H3/b14-10-/t19?,20-,21-,22-,23?,27+,28-/m0/s1. The molecule has 2 unspecified atom stereocenters. The summed E-state index contributed by atoms with van der Waals surface area (Å²) < 4.78 is 12.6. The number of hydrogen-bond acceptors (Lipinski definition) is 6. The Labute approximate surface area is 214 Å². The number of amides is 2. The fourth-order valence-electron chi connectivity index (χ4n) is 6.77. The van der Waals surface area contributed by atoms with Gasteiger partial charge in [-0.15, -0.1) is 0 Å². The van der Waals surface area contributed by atoms with Crippen LogP contribution in [0.25, 0.3) is 0 Å². The second-order valence-corrected chi connectivity index (χ2v) is 10.7. The first-order valence-corrected chi connectivity index (χ1v) is 13.8. The third-order valence-electron chi connectivity index (χ3n) is 8.67. The van der Waals surface area contributed by atoms with Crippen LogP contribution in [0.2, 0.25) is 0 Å². The van der Waals surface area contributed by atoms with E-state index in [4.69, 9.17) is 9.47 Å². The first kappa shape index (κ1) is 26.9. The maximum Gasteiger partial charge on any atom is 0.313 e.